The average Bonchev–Trinajstić information content (AvgIpc) is 2.88. The smallest absolute Gasteiger partial charge is 0.133 e. The van der Waals surface area contributed by atoms with Gasteiger partial charge in [-0.3, -0.25) is 0 Å². The number of anilines is 1. The summed E-state index contributed by atoms with van der Waals surface area (Å²) in [6.45, 7) is 15.8. The van der Waals surface area contributed by atoms with Crippen LogP contribution in [-0.4, -0.2) is 24.6 Å². The second-order valence-electron chi connectivity index (χ2n) is 7.81. The van der Waals surface area contributed by atoms with E-state index < -0.39 is 0 Å². The molecule has 1 aliphatic rings. The van der Waals surface area contributed by atoms with Crippen molar-refractivity contribution >= 4 is 5.82 Å². The molecule has 0 spiro atoms. The summed E-state index contributed by atoms with van der Waals surface area (Å²) in [6, 6.07) is 4.26. The average molecular weight is 289 g/mol. The van der Waals surface area contributed by atoms with Crippen molar-refractivity contribution in [2.75, 3.05) is 24.5 Å². The lowest BCUT2D eigenvalue weighted by atomic mass is 9.80. The van der Waals surface area contributed by atoms with Crippen LogP contribution in [0.4, 0.5) is 5.82 Å². The Morgan fingerprint density at radius 2 is 2.14 bits per heavy atom. The third-order valence-corrected chi connectivity index (χ3v) is 4.45. The molecule has 0 aromatic carbocycles. The number of hydrogen-bond donors (Lipinski definition) is 1. The molecular formula is C18H31N3. The van der Waals surface area contributed by atoms with E-state index in [0.717, 1.165) is 32.1 Å². The monoisotopic (exact) mass is 289 g/mol. The van der Waals surface area contributed by atoms with Crippen molar-refractivity contribution in [1.82, 2.24) is 10.3 Å². The minimum Gasteiger partial charge on any atom is -0.356 e. The van der Waals surface area contributed by atoms with Gasteiger partial charge in [-0.1, -0.05) is 40.7 Å². The second-order valence-corrected chi connectivity index (χ2v) is 7.81. The number of hydrogen-bond acceptors (Lipinski definition) is 3. The summed E-state index contributed by atoms with van der Waals surface area (Å²) in [4.78, 5) is 7.14. The van der Waals surface area contributed by atoms with Crippen LogP contribution in [-0.2, 0) is 6.54 Å². The van der Waals surface area contributed by atoms with Gasteiger partial charge < -0.3 is 10.2 Å². The van der Waals surface area contributed by atoms with Crippen molar-refractivity contribution < 1.29 is 0 Å². The second kappa shape index (κ2) is 6.78. The van der Waals surface area contributed by atoms with Gasteiger partial charge in [-0.05, 0) is 36.3 Å². The maximum Gasteiger partial charge on any atom is 0.133 e. The highest BCUT2D eigenvalue weighted by Gasteiger charge is 2.32. The highest BCUT2D eigenvalue weighted by atomic mass is 15.2. The summed E-state index contributed by atoms with van der Waals surface area (Å²) < 4.78 is 0. The molecule has 3 heteroatoms. The highest BCUT2D eigenvalue weighted by Crippen LogP contribution is 2.35. The molecule has 1 fully saturated rings. The Balaban J connectivity index is 2.03. The number of rotatable bonds is 5. The molecule has 0 amide bonds. The van der Waals surface area contributed by atoms with Gasteiger partial charge in [0, 0.05) is 31.4 Å². The fraction of sp³-hybridized carbons (Fsp3) is 0.722. The zero-order chi connectivity index (χ0) is 15.5. The Labute approximate surface area is 130 Å². The minimum absolute atomic E-state index is 0.388. The SMILES string of the molecule is CC(C)CNCc1cccnc1N1CCC(C(C)(C)C)C1. The van der Waals surface area contributed by atoms with Gasteiger partial charge in [0.25, 0.3) is 0 Å². The summed E-state index contributed by atoms with van der Waals surface area (Å²) in [7, 11) is 0. The van der Waals surface area contributed by atoms with E-state index >= 15 is 0 Å². The lowest BCUT2D eigenvalue weighted by Crippen LogP contribution is -2.28. The normalized spacial score (nSPS) is 19.5. The van der Waals surface area contributed by atoms with Gasteiger partial charge in [-0.2, -0.15) is 0 Å². The third-order valence-electron chi connectivity index (χ3n) is 4.45. The van der Waals surface area contributed by atoms with Crippen LogP contribution < -0.4 is 10.2 Å². The first kappa shape index (κ1) is 16.3. The lowest BCUT2D eigenvalue weighted by Gasteiger charge is -2.27. The fourth-order valence-corrected chi connectivity index (χ4v) is 3.01. The van der Waals surface area contributed by atoms with Gasteiger partial charge in [-0.25, -0.2) is 4.98 Å². The first-order valence-electron chi connectivity index (χ1n) is 8.27. The van der Waals surface area contributed by atoms with Gasteiger partial charge in [-0.15, -0.1) is 0 Å². The molecule has 0 aliphatic carbocycles. The quantitative estimate of drug-likeness (QED) is 0.896. The summed E-state index contributed by atoms with van der Waals surface area (Å²) >= 11 is 0. The van der Waals surface area contributed by atoms with Crippen molar-refractivity contribution in [3.8, 4) is 0 Å². The molecule has 1 aromatic heterocycles. The van der Waals surface area contributed by atoms with E-state index in [1.807, 2.05) is 12.3 Å². The number of aromatic nitrogens is 1. The number of pyridine rings is 1. The molecule has 1 saturated heterocycles. The Hall–Kier alpha value is -1.09. The van der Waals surface area contributed by atoms with Crippen LogP contribution in [0.5, 0.6) is 0 Å². The van der Waals surface area contributed by atoms with Crippen molar-refractivity contribution in [2.24, 2.45) is 17.3 Å². The fourth-order valence-electron chi connectivity index (χ4n) is 3.01. The van der Waals surface area contributed by atoms with E-state index in [-0.39, 0.29) is 0 Å². The summed E-state index contributed by atoms with van der Waals surface area (Å²) in [6.07, 6.45) is 3.20. The molecule has 1 aliphatic heterocycles. The minimum atomic E-state index is 0.388. The molecule has 0 bridgehead atoms. The van der Waals surface area contributed by atoms with Gasteiger partial charge in [0.15, 0.2) is 0 Å². The van der Waals surface area contributed by atoms with Crippen molar-refractivity contribution in [3.63, 3.8) is 0 Å². The maximum atomic E-state index is 4.66. The molecule has 1 N–H and O–H groups in total. The number of nitrogens with zero attached hydrogens (tertiary/aromatic N) is 2. The van der Waals surface area contributed by atoms with Crippen LogP contribution in [0.3, 0.4) is 0 Å². The Kier molecular flexibility index (Phi) is 5.26. The Morgan fingerprint density at radius 1 is 1.38 bits per heavy atom. The Morgan fingerprint density at radius 3 is 2.76 bits per heavy atom. The third kappa shape index (κ3) is 4.44. The topological polar surface area (TPSA) is 28.2 Å². The van der Waals surface area contributed by atoms with E-state index in [1.54, 1.807) is 0 Å². The molecule has 0 radical (unpaired) electrons. The molecule has 1 unspecified atom stereocenters. The number of nitrogens with one attached hydrogen (secondary N) is 1. The van der Waals surface area contributed by atoms with Crippen LogP contribution in [0.2, 0.25) is 0 Å². The zero-order valence-corrected chi connectivity index (χ0v) is 14.3. The van der Waals surface area contributed by atoms with E-state index in [9.17, 15) is 0 Å². The molecule has 21 heavy (non-hydrogen) atoms. The lowest BCUT2D eigenvalue weighted by molar-refractivity contribution is 0.263. The van der Waals surface area contributed by atoms with Crippen molar-refractivity contribution in [2.45, 2.75) is 47.6 Å². The summed E-state index contributed by atoms with van der Waals surface area (Å²) in [5, 5.41) is 3.54. The summed E-state index contributed by atoms with van der Waals surface area (Å²) in [5.74, 6) is 2.62. The van der Waals surface area contributed by atoms with Gasteiger partial charge in [0.05, 0.1) is 0 Å². The van der Waals surface area contributed by atoms with Crippen LogP contribution in [0, 0.1) is 17.3 Å². The molecular weight excluding hydrogens is 258 g/mol. The largest absolute Gasteiger partial charge is 0.356 e. The summed E-state index contributed by atoms with van der Waals surface area (Å²) in [5.41, 5.74) is 1.72. The van der Waals surface area contributed by atoms with Crippen LogP contribution >= 0.6 is 0 Å². The first-order valence-corrected chi connectivity index (χ1v) is 8.27. The van der Waals surface area contributed by atoms with Crippen LogP contribution in [0.1, 0.15) is 46.6 Å². The van der Waals surface area contributed by atoms with E-state index in [0.29, 0.717) is 11.3 Å². The molecule has 1 aromatic rings. The van der Waals surface area contributed by atoms with Crippen molar-refractivity contribution in [3.05, 3.63) is 23.9 Å². The molecule has 2 rings (SSSR count). The highest BCUT2D eigenvalue weighted by molar-refractivity contribution is 5.47. The van der Waals surface area contributed by atoms with Crippen molar-refractivity contribution in [1.29, 1.82) is 0 Å². The van der Waals surface area contributed by atoms with Gasteiger partial charge in [0.1, 0.15) is 5.82 Å². The molecule has 0 saturated carbocycles. The first-order chi connectivity index (χ1) is 9.88. The Bertz CT molecular complexity index is 448. The predicted octanol–water partition coefficient (Wildman–Crippen LogP) is 3.70. The van der Waals surface area contributed by atoms with Gasteiger partial charge in [0.2, 0.25) is 0 Å². The molecule has 118 valence electrons. The van der Waals surface area contributed by atoms with Crippen LogP contribution in [0.15, 0.2) is 18.3 Å². The van der Waals surface area contributed by atoms with Crippen LogP contribution in [0.25, 0.3) is 0 Å². The maximum absolute atomic E-state index is 4.66. The van der Waals surface area contributed by atoms with Gasteiger partial charge >= 0.3 is 0 Å². The predicted molar refractivity (Wildman–Crippen MR) is 90.6 cm³/mol. The molecule has 2 heterocycles. The molecule has 1 atom stereocenters. The standard InChI is InChI=1S/C18H31N3/c1-14(2)11-19-12-15-7-6-9-20-17(15)21-10-8-16(13-21)18(3,4)5/h6-7,9,14,16,19H,8,10-13H2,1-5H3. The zero-order valence-electron chi connectivity index (χ0n) is 14.3. The van der Waals surface area contributed by atoms with E-state index in [2.05, 4.69) is 55.9 Å². The molecule has 3 nitrogen and oxygen atoms in total. The van der Waals surface area contributed by atoms with E-state index in [1.165, 1.54) is 17.8 Å². The van der Waals surface area contributed by atoms with E-state index in [4.69, 9.17) is 0 Å².